The zero-order chi connectivity index (χ0) is 22.8. The van der Waals surface area contributed by atoms with Crippen molar-refractivity contribution in [2.24, 2.45) is 16.8 Å². The number of alkyl halides is 3. The van der Waals surface area contributed by atoms with E-state index < -0.39 is 36.1 Å². The lowest BCUT2D eigenvalue weighted by Crippen LogP contribution is -2.32. The third-order valence-corrected chi connectivity index (χ3v) is 4.01. The van der Waals surface area contributed by atoms with Gasteiger partial charge in [0.1, 0.15) is 17.7 Å². The molecule has 8 nitrogen and oxygen atoms in total. The fourth-order valence-corrected chi connectivity index (χ4v) is 2.64. The smallest absolute Gasteiger partial charge is 0.422 e. The molecule has 0 aliphatic carbocycles. The summed E-state index contributed by atoms with van der Waals surface area (Å²) in [5.74, 6) is 6.84. The van der Waals surface area contributed by atoms with Crippen molar-refractivity contribution in [2.75, 3.05) is 11.9 Å². The van der Waals surface area contributed by atoms with Gasteiger partial charge >= 0.3 is 6.18 Å². The molecule has 3 rings (SSSR count). The van der Waals surface area contributed by atoms with Crippen molar-refractivity contribution in [3.8, 4) is 5.75 Å². The molecule has 0 aliphatic rings. The lowest BCUT2D eigenvalue weighted by atomic mass is 10.1. The van der Waals surface area contributed by atoms with Gasteiger partial charge in [-0.3, -0.25) is 4.79 Å². The van der Waals surface area contributed by atoms with E-state index in [1.54, 1.807) is 0 Å². The second-order valence-electron chi connectivity index (χ2n) is 6.10. The molecule has 6 N–H and O–H groups in total. The van der Waals surface area contributed by atoms with Crippen LogP contribution in [-0.2, 0) is 0 Å². The number of rotatable bonds is 5. The van der Waals surface area contributed by atoms with E-state index in [0.29, 0.717) is 0 Å². The number of hydrazone groups is 1. The fraction of sp³-hybridized carbons (Fsp3) is 0.111. The van der Waals surface area contributed by atoms with Gasteiger partial charge in [-0.25, -0.2) is 14.6 Å². The number of amidine groups is 1. The van der Waals surface area contributed by atoms with Crippen LogP contribution < -0.4 is 27.2 Å². The molecule has 0 bridgehead atoms. The van der Waals surface area contributed by atoms with E-state index >= 15 is 0 Å². The maximum absolute atomic E-state index is 14.4. The maximum atomic E-state index is 14.4. The van der Waals surface area contributed by atoms with Crippen LogP contribution in [0.4, 0.5) is 27.6 Å². The molecule has 13 heteroatoms. The monoisotopic (exact) mass is 443 g/mol. The zero-order valence-electron chi connectivity index (χ0n) is 15.4. The molecule has 31 heavy (non-hydrogen) atoms. The first-order valence-electron chi connectivity index (χ1n) is 8.39. The first kappa shape index (κ1) is 21.8. The van der Waals surface area contributed by atoms with Crippen LogP contribution in [0.5, 0.6) is 5.75 Å². The van der Waals surface area contributed by atoms with Crippen molar-refractivity contribution >= 4 is 28.4 Å². The van der Waals surface area contributed by atoms with Gasteiger partial charge in [0.05, 0.1) is 11.1 Å². The normalized spacial score (nSPS) is 12.1. The number of ether oxygens (including phenoxy) is 1. The van der Waals surface area contributed by atoms with Crippen LogP contribution in [0.15, 0.2) is 46.1 Å². The van der Waals surface area contributed by atoms with Crippen LogP contribution in [0, 0.1) is 11.6 Å². The van der Waals surface area contributed by atoms with Crippen molar-refractivity contribution in [2.45, 2.75) is 6.18 Å². The second-order valence-corrected chi connectivity index (χ2v) is 6.10. The number of anilines is 1. The number of nitrogens with one attached hydrogen (secondary N) is 2. The molecular formula is C18H14F5N5O3. The van der Waals surface area contributed by atoms with Crippen LogP contribution in [0.25, 0.3) is 11.0 Å². The van der Waals surface area contributed by atoms with Gasteiger partial charge < -0.3 is 25.7 Å². The van der Waals surface area contributed by atoms with Gasteiger partial charge in [-0.2, -0.15) is 18.3 Å². The average molecular weight is 443 g/mol. The molecule has 0 aliphatic heterocycles. The number of fused-ring (bicyclic) bond motifs is 1. The van der Waals surface area contributed by atoms with Gasteiger partial charge in [0.25, 0.3) is 5.91 Å². The third kappa shape index (κ3) is 4.83. The summed E-state index contributed by atoms with van der Waals surface area (Å²) in [4.78, 5) is 12.5. The van der Waals surface area contributed by atoms with E-state index in [-0.39, 0.29) is 33.6 Å². The van der Waals surface area contributed by atoms with E-state index in [9.17, 15) is 26.7 Å². The molecular weight excluding hydrogens is 429 g/mol. The Bertz CT molecular complexity index is 1160. The van der Waals surface area contributed by atoms with Crippen LogP contribution in [0.3, 0.4) is 0 Å². The van der Waals surface area contributed by atoms with Crippen LogP contribution >= 0.6 is 0 Å². The number of hydrazine groups is 1. The van der Waals surface area contributed by atoms with Crippen LogP contribution in [-0.4, -0.2) is 24.5 Å². The summed E-state index contributed by atoms with van der Waals surface area (Å²) >= 11 is 0. The number of benzene rings is 2. The minimum absolute atomic E-state index is 0.0711. The maximum Gasteiger partial charge on any atom is 0.422 e. The second kappa shape index (κ2) is 8.47. The predicted octanol–water partition coefficient (Wildman–Crippen LogP) is 2.99. The highest BCUT2D eigenvalue weighted by atomic mass is 19.4. The summed E-state index contributed by atoms with van der Waals surface area (Å²) in [6.45, 7) is -1.67. The number of hydrogen-bond donors (Lipinski definition) is 4. The summed E-state index contributed by atoms with van der Waals surface area (Å²) < 4.78 is 74.5. The molecule has 0 atom stereocenters. The van der Waals surface area contributed by atoms with Crippen molar-refractivity contribution in [3.05, 3.63) is 59.4 Å². The predicted molar refractivity (Wildman–Crippen MR) is 100 cm³/mol. The Balaban J connectivity index is 1.82. The fourth-order valence-electron chi connectivity index (χ4n) is 2.64. The molecule has 1 heterocycles. The Kier molecular flexibility index (Phi) is 5.97. The molecule has 3 aromatic rings. The third-order valence-electron chi connectivity index (χ3n) is 4.01. The number of furan rings is 1. The molecule has 1 aromatic heterocycles. The van der Waals surface area contributed by atoms with Crippen molar-refractivity contribution in [1.29, 1.82) is 0 Å². The summed E-state index contributed by atoms with van der Waals surface area (Å²) in [6, 6.07) is 5.08. The Morgan fingerprint density at radius 2 is 1.87 bits per heavy atom. The highest BCUT2D eigenvalue weighted by molar-refractivity contribution is 6.13. The average Bonchev–Trinajstić information content (AvgIpc) is 3.10. The van der Waals surface area contributed by atoms with Crippen LogP contribution in [0.1, 0.15) is 15.9 Å². The molecule has 0 saturated heterocycles. The van der Waals surface area contributed by atoms with E-state index in [2.05, 4.69) is 20.6 Å². The summed E-state index contributed by atoms with van der Waals surface area (Å²) in [6.07, 6.45) is -3.58. The van der Waals surface area contributed by atoms with Gasteiger partial charge in [-0.05, 0) is 24.3 Å². The summed E-state index contributed by atoms with van der Waals surface area (Å²) in [5.41, 5.74) is 1.98. The van der Waals surface area contributed by atoms with Gasteiger partial charge in [-0.15, -0.1) is 0 Å². The van der Waals surface area contributed by atoms with Crippen molar-refractivity contribution in [3.63, 3.8) is 0 Å². The SMILES string of the molecule is N/N=C(\NN)c1cc2occ(C(=O)Nc3ccc(OCC(F)(F)F)c(F)c3)c2cc1F. The molecule has 0 fully saturated rings. The topological polar surface area (TPSA) is 128 Å². The Morgan fingerprint density at radius 3 is 2.48 bits per heavy atom. The minimum atomic E-state index is -4.63. The first-order valence-corrected chi connectivity index (χ1v) is 8.39. The Hall–Kier alpha value is -3.87. The van der Waals surface area contributed by atoms with Gasteiger partial charge in [0.2, 0.25) is 0 Å². The number of halogens is 5. The van der Waals surface area contributed by atoms with Gasteiger partial charge in [-0.1, -0.05) is 0 Å². The highest BCUT2D eigenvalue weighted by Crippen LogP contribution is 2.27. The summed E-state index contributed by atoms with van der Waals surface area (Å²) in [5, 5.41) is 5.73. The zero-order valence-corrected chi connectivity index (χ0v) is 15.4. The molecule has 0 saturated carbocycles. The highest BCUT2D eigenvalue weighted by Gasteiger charge is 2.29. The molecule has 0 unspecified atom stereocenters. The van der Waals surface area contributed by atoms with Crippen molar-refractivity contribution < 1.29 is 35.9 Å². The molecule has 1 amide bonds. The summed E-state index contributed by atoms with van der Waals surface area (Å²) in [7, 11) is 0. The van der Waals surface area contributed by atoms with Crippen LogP contribution in [0.2, 0.25) is 0 Å². The van der Waals surface area contributed by atoms with Gasteiger partial charge in [0, 0.05) is 17.1 Å². The number of carbonyl (C=O) groups is 1. The molecule has 0 spiro atoms. The minimum Gasteiger partial charge on any atom is -0.481 e. The Labute approximate surface area is 170 Å². The lowest BCUT2D eigenvalue weighted by Gasteiger charge is -2.11. The number of amides is 1. The Morgan fingerprint density at radius 1 is 1.13 bits per heavy atom. The molecule has 0 radical (unpaired) electrons. The van der Waals surface area contributed by atoms with E-state index in [4.69, 9.17) is 16.1 Å². The van der Waals surface area contributed by atoms with E-state index in [0.717, 1.165) is 30.5 Å². The number of hydrogen-bond acceptors (Lipinski definition) is 6. The number of nitrogens with two attached hydrogens (primary N) is 2. The number of nitrogens with zero attached hydrogens (tertiary/aromatic N) is 1. The van der Waals surface area contributed by atoms with E-state index in [1.165, 1.54) is 6.07 Å². The van der Waals surface area contributed by atoms with Crippen molar-refractivity contribution in [1.82, 2.24) is 5.43 Å². The molecule has 2 aromatic carbocycles. The quantitative estimate of drug-likeness (QED) is 0.158. The van der Waals surface area contributed by atoms with E-state index in [1.807, 2.05) is 0 Å². The number of carbonyl (C=O) groups excluding carboxylic acids is 1. The standard InChI is InChI=1S/C18H14F5N5O3/c19-12-4-9-11(6-30-15(9)5-10(12)16(27-24)28-25)17(29)26-8-1-2-14(13(20)3-8)31-7-18(21,22)23/h1-6H,7,24-25H2,(H,26,29)(H,27,28). The first-order chi connectivity index (χ1) is 14.6. The lowest BCUT2D eigenvalue weighted by molar-refractivity contribution is -0.153. The largest absolute Gasteiger partial charge is 0.481 e. The van der Waals surface area contributed by atoms with Gasteiger partial charge in [0.15, 0.2) is 24.0 Å². The molecule has 164 valence electrons.